The third kappa shape index (κ3) is 3.31. The quantitative estimate of drug-likeness (QED) is 0.861. The van der Waals surface area contributed by atoms with E-state index in [-0.39, 0.29) is 15.7 Å². The molecule has 0 fully saturated rings. The molecule has 102 valence electrons. The van der Waals surface area contributed by atoms with E-state index in [1.807, 2.05) is 6.07 Å². The summed E-state index contributed by atoms with van der Waals surface area (Å²) in [6, 6.07) is 12.5. The molecule has 0 aliphatic rings. The van der Waals surface area contributed by atoms with Crippen LogP contribution in [0.1, 0.15) is 11.1 Å². The number of benzene rings is 2. The fourth-order valence-electron chi connectivity index (χ4n) is 1.68. The van der Waals surface area contributed by atoms with Crippen LogP contribution in [0.5, 0.6) is 0 Å². The number of rotatable bonds is 3. The molecule has 2 rings (SSSR count). The Morgan fingerprint density at radius 1 is 1.10 bits per heavy atom. The van der Waals surface area contributed by atoms with Crippen LogP contribution in [0, 0.1) is 11.3 Å². The number of hydrogen-bond acceptors (Lipinski definition) is 3. The second kappa shape index (κ2) is 5.84. The lowest BCUT2D eigenvalue weighted by Gasteiger charge is -2.07. The van der Waals surface area contributed by atoms with Gasteiger partial charge in [-0.15, -0.1) is 0 Å². The fraction of sp³-hybridized carbons (Fsp3) is 0.0714. The largest absolute Gasteiger partial charge is 0.223 e. The van der Waals surface area contributed by atoms with E-state index in [9.17, 15) is 8.42 Å². The molecule has 6 heteroatoms. The van der Waals surface area contributed by atoms with Crippen molar-refractivity contribution in [1.82, 2.24) is 0 Å². The zero-order chi connectivity index (χ0) is 14.8. The minimum Gasteiger partial charge on any atom is -0.223 e. The van der Waals surface area contributed by atoms with Gasteiger partial charge in [-0.3, -0.25) is 0 Å². The predicted octanol–water partition coefficient (Wildman–Crippen LogP) is 3.84. The lowest BCUT2D eigenvalue weighted by molar-refractivity contribution is 0.595. The first-order chi connectivity index (χ1) is 9.42. The number of nitriles is 1. The summed E-state index contributed by atoms with van der Waals surface area (Å²) in [5.74, 6) is -0.238. The van der Waals surface area contributed by atoms with Gasteiger partial charge in [-0.2, -0.15) is 5.26 Å². The van der Waals surface area contributed by atoms with E-state index in [4.69, 9.17) is 28.5 Å². The molecule has 0 radical (unpaired) electrons. The third-order valence-electron chi connectivity index (χ3n) is 2.68. The Morgan fingerprint density at radius 2 is 1.85 bits per heavy atom. The molecule has 2 aromatic carbocycles. The molecule has 0 saturated carbocycles. The number of nitrogens with zero attached hydrogens (tertiary/aromatic N) is 1. The molecule has 20 heavy (non-hydrogen) atoms. The summed E-state index contributed by atoms with van der Waals surface area (Å²) in [6.07, 6.45) is 0. The Bertz CT molecular complexity index is 795. The van der Waals surface area contributed by atoms with Crippen LogP contribution in [0.15, 0.2) is 47.4 Å². The SMILES string of the molecule is N#Cc1ccc(CS(=O)(=O)c2cccc(Cl)c2)c(Cl)c1. The smallest absolute Gasteiger partial charge is 0.182 e. The average Bonchev–Trinajstić information content (AvgIpc) is 2.41. The lowest BCUT2D eigenvalue weighted by Crippen LogP contribution is -2.05. The summed E-state index contributed by atoms with van der Waals surface area (Å²) in [4.78, 5) is 0.144. The van der Waals surface area contributed by atoms with E-state index in [1.54, 1.807) is 18.2 Å². The molecule has 0 unspecified atom stereocenters. The Morgan fingerprint density at radius 3 is 2.45 bits per heavy atom. The van der Waals surface area contributed by atoms with Crippen molar-refractivity contribution < 1.29 is 8.42 Å². The van der Waals surface area contributed by atoms with Gasteiger partial charge in [0.2, 0.25) is 0 Å². The molecule has 0 amide bonds. The van der Waals surface area contributed by atoms with Crippen LogP contribution < -0.4 is 0 Å². The highest BCUT2D eigenvalue weighted by atomic mass is 35.5. The number of halogens is 2. The van der Waals surface area contributed by atoms with Gasteiger partial charge >= 0.3 is 0 Å². The zero-order valence-corrected chi connectivity index (χ0v) is 12.5. The van der Waals surface area contributed by atoms with E-state index >= 15 is 0 Å². The maximum Gasteiger partial charge on any atom is 0.182 e. The van der Waals surface area contributed by atoms with Crippen molar-refractivity contribution in [1.29, 1.82) is 5.26 Å². The van der Waals surface area contributed by atoms with Crippen LogP contribution >= 0.6 is 23.2 Å². The topological polar surface area (TPSA) is 57.9 Å². The van der Waals surface area contributed by atoms with Crippen LogP contribution in [-0.4, -0.2) is 8.42 Å². The second-order valence-electron chi connectivity index (χ2n) is 4.13. The van der Waals surface area contributed by atoms with Gasteiger partial charge in [0, 0.05) is 10.0 Å². The summed E-state index contributed by atoms with van der Waals surface area (Å²) < 4.78 is 24.6. The molecule has 0 aromatic heterocycles. The van der Waals surface area contributed by atoms with Gasteiger partial charge in [0.05, 0.1) is 22.3 Å². The van der Waals surface area contributed by atoms with Gasteiger partial charge in [-0.1, -0.05) is 35.3 Å². The first-order valence-corrected chi connectivity index (χ1v) is 8.00. The van der Waals surface area contributed by atoms with Crippen molar-refractivity contribution in [2.45, 2.75) is 10.6 Å². The molecule has 0 aliphatic carbocycles. The van der Waals surface area contributed by atoms with E-state index in [0.717, 1.165) is 0 Å². The minimum atomic E-state index is -3.53. The second-order valence-corrected chi connectivity index (χ2v) is 6.97. The van der Waals surface area contributed by atoms with Gasteiger partial charge in [0.1, 0.15) is 0 Å². The van der Waals surface area contributed by atoms with Crippen LogP contribution in [0.2, 0.25) is 10.0 Å². The predicted molar refractivity (Wildman–Crippen MR) is 78.5 cm³/mol. The van der Waals surface area contributed by atoms with Crippen LogP contribution in [0.3, 0.4) is 0 Å². The molecule has 2 aromatic rings. The Kier molecular flexibility index (Phi) is 4.34. The molecule has 0 bridgehead atoms. The van der Waals surface area contributed by atoms with Gasteiger partial charge in [-0.25, -0.2) is 8.42 Å². The van der Waals surface area contributed by atoms with E-state index in [2.05, 4.69) is 0 Å². The summed E-state index contributed by atoms with van der Waals surface area (Å²) in [7, 11) is -3.53. The summed E-state index contributed by atoms with van der Waals surface area (Å²) in [6.45, 7) is 0. The third-order valence-corrected chi connectivity index (χ3v) is 4.93. The number of sulfone groups is 1. The van der Waals surface area contributed by atoms with Crippen LogP contribution in [0.4, 0.5) is 0 Å². The van der Waals surface area contributed by atoms with Crippen LogP contribution in [0.25, 0.3) is 0 Å². The highest BCUT2D eigenvalue weighted by Gasteiger charge is 2.17. The summed E-state index contributed by atoms with van der Waals surface area (Å²) >= 11 is 11.8. The highest BCUT2D eigenvalue weighted by Crippen LogP contribution is 2.24. The molecule has 0 N–H and O–H groups in total. The highest BCUT2D eigenvalue weighted by molar-refractivity contribution is 7.90. The zero-order valence-electron chi connectivity index (χ0n) is 10.2. The molecule has 0 spiro atoms. The van der Waals surface area contributed by atoms with Crippen molar-refractivity contribution >= 4 is 33.0 Å². The molecular formula is C14H9Cl2NO2S. The van der Waals surface area contributed by atoms with Gasteiger partial charge in [-0.05, 0) is 35.9 Å². The van der Waals surface area contributed by atoms with E-state index in [0.29, 0.717) is 16.1 Å². The van der Waals surface area contributed by atoms with Gasteiger partial charge in [0.25, 0.3) is 0 Å². The van der Waals surface area contributed by atoms with E-state index in [1.165, 1.54) is 24.3 Å². The van der Waals surface area contributed by atoms with Crippen molar-refractivity contribution in [2.24, 2.45) is 0 Å². The Hall–Kier alpha value is -1.54. The number of hydrogen-bond donors (Lipinski definition) is 0. The van der Waals surface area contributed by atoms with Gasteiger partial charge in [0.15, 0.2) is 9.84 Å². The maximum absolute atomic E-state index is 12.3. The lowest BCUT2D eigenvalue weighted by atomic mass is 10.2. The first kappa shape index (κ1) is 14.9. The summed E-state index contributed by atoms with van der Waals surface area (Å²) in [5, 5.41) is 9.37. The normalized spacial score (nSPS) is 11.1. The van der Waals surface area contributed by atoms with E-state index < -0.39 is 9.84 Å². The maximum atomic E-state index is 12.3. The first-order valence-electron chi connectivity index (χ1n) is 5.59. The monoisotopic (exact) mass is 325 g/mol. The van der Waals surface area contributed by atoms with Crippen molar-refractivity contribution in [3.8, 4) is 6.07 Å². The molecule has 0 saturated heterocycles. The fourth-order valence-corrected chi connectivity index (χ4v) is 3.68. The Balaban J connectivity index is 2.36. The molecule has 0 heterocycles. The summed E-state index contributed by atoms with van der Waals surface area (Å²) in [5.41, 5.74) is 0.838. The molecule has 3 nitrogen and oxygen atoms in total. The standard InChI is InChI=1S/C14H9Cl2NO2S/c15-12-2-1-3-13(7-12)20(18,19)9-11-5-4-10(8-17)6-14(11)16/h1-7H,9H2. The van der Waals surface area contributed by atoms with Crippen molar-refractivity contribution in [2.75, 3.05) is 0 Å². The Labute approximate surface area is 127 Å². The molecule has 0 atom stereocenters. The average molecular weight is 326 g/mol. The minimum absolute atomic E-state index is 0.144. The van der Waals surface area contributed by atoms with Crippen LogP contribution in [-0.2, 0) is 15.6 Å². The van der Waals surface area contributed by atoms with Gasteiger partial charge < -0.3 is 0 Å². The molecular weight excluding hydrogens is 317 g/mol. The van der Waals surface area contributed by atoms with Crippen molar-refractivity contribution in [3.05, 3.63) is 63.6 Å². The van der Waals surface area contributed by atoms with Crippen molar-refractivity contribution in [3.63, 3.8) is 0 Å². The molecule has 0 aliphatic heterocycles.